The summed E-state index contributed by atoms with van der Waals surface area (Å²) in [4.78, 5) is 39.4. The Hall–Kier alpha value is -2.43. The van der Waals surface area contributed by atoms with Gasteiger partial charge in [0.1, 0.15) is 0 Å². The third kappa shape index (κ3) is 1.57. The van der Waals surface area contributed by atoms with Crippen LogP contribution >= 0.6 is 0 Å². The number of carbonyl (C=O) groups is 3. The van der Waals surface area contributed by atoms with Gasteiger partial charge in [0, 0.05) is 0 Å². The van der Waals surface area contributed by atoms with Crippen molar-refractivity contribution in [1.82, 2.24) is 0 Å². The fraction of sp³-hybridized carbons (Fsp3) is 0.421. The second-order valence-corrected chi connectivity index (χ2v) is 7.18. The van der Waals surface area contributed by atoms with Gasteiger partial charge in [0.05, 0.1) is 30.2 Å². The summed E-state index contributed by atoms with van der Waals surface area (Å²) in [6, 6.07) is 6.67. The molecule has 2 amide bonds. The zero-order valence-electron chi connectivity index (χ0n) is 13.2. The minimum atomic E-state index is -0.537. The first-order valence-corrected chi connectivity index (χ1v) is 8.37. The van der Waals surface area contributed by atoms with Gasteiger partial charge in [-0.3, -0.25) is 9.59 Å². The average molecular weight is 323 g/mol. The van der Waals surface area contributed by atoms with E-state index in [2.05, 4.69) is 12.2 Å². The molecule has 1 saturated heterocycles. The van der Waals surface area contributed by atoms with Crippen molar-refractivity contribution >= 4 is 23.5 Å². The number of esters is 1. The van der Waals surface area contributed by atoms with E-state index in [1.807, 2.05) is 0 Å². The lowest BCUT2D eigenvalue weighted by molar-refractivity contribution is -0.124. The summed E-state index contributed by atoms with van der Waals surface area (Å²) in [5, 5.41) is 0. The summed E-state index contributed by atoms with van der Waals surface area (Å²) in [5.74, 6) is 0.0992. The van der Waals surface area contributed by atoms with E-state index in [0.717, 1.165) is 6.42 Å². The molecular formula is C19H17NO4. The van der Waals surface area contributed by atoms with Gasteiger partial charge in [-0.05, 0) is 42.2 Å². The summed E-state index contributed by atoms with van der Waals surface area (Å²) < 4.78 is 4.80. The second-order valence-electron chi connectivity index (χ2n) is 7.18. The minimum Gasteiger partial charge on any atom is -0.465 e. The Morgan fingerprint density at radius 3 is 2.21 bits per heavy atom. The van der Waals surface area contributed by atoms with E-state index in [1.54, 1.807) is 24.3 Å². The fourth-order valence-electron chi connectivity index (χ4n) is 5.15. The van der Waals surface area contributed by atoms with Crippen LogP contribution in [0.25, 0.3) is 0 Å². The minimum absolute atomic E-state index is 0.161. The van der Waals surface area contributed by atoms with Crippen LogP contribution in [0.4, 0.5) is 5.69 Å². The molecule has 5 nitrogen and oxygen atoms in total. The first kappa shape index (κ1) is 14.0. The van der Waals surface area contributed by atoms with Crippen molar-refractivity contribution in [3.63, 3.8) is 0 Å². The molecule has 1 aromatic carbocycles. The van der Waals surface area contributed by atoms with Gasteiger partial charge < -0.3 is 4.74 Å². The summed E-state index contributed by atoms with van der Waals surface area (Å²) in [5.41, 5.74) is 0.604. The number of nitrogens with zero attached hydrogens (tertiary/aromatic N) is 1. The van der Waals surface area contributed by atoms with Gasteiger partial charge in [-0.15, -0.1) is 0 Å². The Morgan fingerprint density at radius 1 is 1.04 bits per heavy atom. The topological polar surface area (TPSA) is 63.7 Å². The lowest BCUT2D eigenvalue weighted by Crippen LogP contribution is -2.40. The van der Waals surface area contributed by atoms with E-state index in [0.29, 0.717) is 17.5 Å². The smallest absolute Gasteiger partial charge is 0.339 e. The Labute approximate surface area is 139 Å². The molecule has 1 heterocycles. The number of allylic oxidation sites excluding steroid dienone is 2. The maximum Gasteiger partial charge on any atom is 0.339 e. The van der Waals surface area contributed by atoms with Crippen LogP contribution in [-0.2, 0) is 14.3 Å². The molecule has 0 unspecified atom stereocenters. The van der Waals surface area contributed by atoms with Gasteiger partial charge >= 0.3 is 5.97 Å². The highest BCUT2D eigenvalue weighted by Crippen LogP contribution is 2.65. The second kappa shape index (κ2) is 4.56. The lowest BCUT2D eigenvalue weighted by atomic mass is 9.63. The summed E-state index contributed by atoms with van der Waals surface area (Å²) in [6.07, 6.45) is 5.41. The van der Waals surface area contributed by atoms with Gasteiger partial charge in [0.15, 0.2) is 0 Å². The van der Waals surface area contributed by atoms with E-state index in [1.165, 1.54) is 12.0 Å². The Morgan fingerprint density at radius 2 is 1.62 bits per heavy atom. The number of amides is 2. The molecule has 5 aliphatic rings. The van der Waals surface area contributed by atoms with Gasteiger partial charge in [0.25, 0.3) is 0 Å². The first-order valence-electron chi connectivity index (χ1n) is 8.37. The maximum atomic E-state index is 13.1. The third-order valence-corrected chi connectivity index (χ3v) is 6.21. The molecule has 0 N–H and O–H groups in total. The van der Waals surface area contributed by atoms with Crippen molar-refractivity contribution in [2.45, 2.75) is 6.42 Å². The molecule has 1 aromatic rings. The van der Waals surface area contributed by atoms with Crippen LogP contribution in [0.1, 0.15) is 16.8 Å². The highest BCUT2D eigenvalue weighted by Gasteiger charge is 2.67. The number of ether oxygens (including phenoxy) is 1. The van der Waals surface area contributed by atoms with Crippen LogP contribution in [0.3, 0.4) is 0 Å². The molecule has 3 fully saturated rings. The van der Waals surface area contributed by atoms with Crippen LogP contribution in [-0.4, -0.2) is 24.9 Å². The number of methoxy groups -OCH3 is 1. The molecule has 2 bridgehead atoms. The van der Waals surface area contributed by atoms with Crippen molar-refractivity contribution < 1.29 is 19.1 Å². The summed E-state index contributed by atoms with van der Waals surface area (Å²) in [7, 11) is 1.30. The molecule has 6 rings (SSSR count). The standard InChI is InChI=1S/C19H17NO4/c1-24-19(23)11-4-2-3-5-14(11)20-17(21)15-9-6-7-10(13-8-12(9)13)16(15)18(20)22/h2-7,9-10,12-13,15-16H,8H2,1H3/t9-,10-,12-,13+,15-,16+/m0/s1. The zero-order chi connectivity index (χ0) is 16.6. The number of carbonyl (C=O) groups excluding carboxylic acids is 3. The molecule has 6 atom stereocenters. The van der Waals surface area contributed by atoms with Crippen molar-refractivity contribution in [1.29, 1.82) is 0 Å². The predicted octanol–water partition coefficient (Wildman–Crippen LogP) is 2.03. The van der Waals surface area contributed by atoms with Gasteiger partial charge in [-0.25, -0.2) is 9.69 Å². The van der Waals surface area contributed by atoms with Crippen molar-refractivity contribution in [2.75, 3.05) is 12.0 Å². The van der Waals surface area contributed by atoms with Crippen LogP contribution < -0.4 is 4.90 Å². The molecule has 0 radical (unpaired) electrons. The first-order chi connectivity index (χ1) is 11.6. The molecule has 5 heteroatoms. The number of para-hydroxylation sites is 1. The Bertz CT molecular complexity index is 777. The number of hydrogen-bond acceptors (Lipinski definition) is 4. The average Bonchev–Trinajstić information content (AvgIpc) is 3.39. The van der Waals surface area contributed by atoms with Crippen molar-refractivity contribution in [3.05, 3.63) is 42.0 Å². The van der Waals surface area contributed by atoms with Crippen molar-refractivity contribution in [3.8, 4) is 0 Å². The fourth-order valence-corrected chi connectivity index (χ4v) is 5.15. The maximum absolute atomic E-state index is 13.1. The van der Waals surface area contributed by atoms with E-state index < -0.39 is 5.97 Å². The number of imide groups is 1. The molecule has 0 spiro atoms. The van der Waals surface area contributed by atoms with Gasteiger partial charge in [-0.2, -0.15) is 0 Å². The summed E-state index contributed by atoms with van der Waals surface area (Å²) in [6.45, 7) is 0. The van der Waals surface area contributed by atoms with Gasteiger partial charge in [-0.1, -0.05) is 24.3 Å². The van der Waals surface area contributed by atoms with Crippen LogP contribution in [0.2, 0.25) is 0 Å². The molecule has 2 saturated carbocycles. The van der Waals surface area contributed by atoms with Crippen LogP contribution in [0.5, 0.6) is 0 Å². The molecule has 0 aromatic heterocycles. The zero-order valence-corrected chi connectivity index (χ0v) is 13.2. The number of anilines is 1. The normalized spacial score (nSPS) is 38.1. The lowest BCUT2D eigenvalue weighted by Gasteiger charge is -2.37. The Balaban J connectivity index is 1.59. The third-order valence-electron chi connectivity index (χ3n) is 6.21. The van der Waals surface area contributed by atoms with E-state index in [-0.39, 0.29) is 41.0 Å². The Kier molecular flexibility index (Phi) is 2.65. The highest BCUT2D eigenvalue weighted by molar-refractivity contribution is 6.24. The van der Waals surface area contributed by atoms with Crippen LogP contribution in [0, 0.1) is 35.5 Å². The number of hydrogen-bond donors (Lipinski definition) is 0. The highest BCUT2D eigenvalue weighted by atomic mass is 16.5. The van der Waals surface area contributed by atoms with Crippen molar-refractivity contribution in [2.24, 2.45) is 35.5 Å². The van der Waals surface area contributed by atoms with E-state index in [9.17, 15) is 14.4 Å². The van der Waals surface area contributed by atoms with Crippen LogP contribution in [0.15, 0.2) is 36.4 Å². The van der Waals surface area contributed by atoms with E-state index >= 15 is 0 Å². The monoisotopic (exact) mass is 323 g/mol. The molecule has 1 aliphatic heterocycles. The SMILES string of the molecule is COC(=O)c1ccccc1N1C(=O)[C@@H]2[C@H]3C=C[C@@H]([C@@H]4C[C@H]34)[C@@H]2C1=O. The molecule has 122 valence electrons. The van der Waals surface area contributed by atoms with Gasteiger partial charge in [0.2, 0.25) is 11.8 Å². The quantitative estimate of drug-likeness (QED) is 0.475. The summed E-state index contributed by atoms with van der Waals surface area (Å²) >= 11 is 0. The molecular weight excluding hydrogens is 306 g/mol. The molecule has 24 heavy (non-hydrogen) atoms. The largest absolute Gasteiger partial charge is 0.465 e. The van der Waals surface area contributed by atoms with E-state index in [4.69, 9.17) is 4.74 Å². The molecule has 4 aliphatic carbocycles. The number of benzene rings is 1. The number of rotatable bonds is 2. The predicted molar refractivity (Wildman–Crippen MR) is 85.0 cm³/mol.